The van der Waals surface area contributed by atoms with Crippen LogP contribution in [0.5, 0.6) is 0 Å². The Bertz CT molecular complexity index is 1200. The van der Waals surface area contributed by atoms with Crippen LogP contribution in [0, 0.1) is 0 Å². The number of carboxylic acid groups (broad SMARTS) is 1. The second-order valence-corrected chi connectivity index (χ2v) is 8.09. The number of benzene rings is 2. The Morgan fingerprint density at radius 1 is 1.20 bits per heavy atom. The van der Waals surface area contributed by atoms with Crippen molar-refractivity contribution in [2.24, 2.45) is 4.99 Å². The zero-order chi connectivity index (χ0) is 22.2. The van der Waals surface area contributed by atoms with Crippen LogP contribution in [0.15, 0.2) is 41.4 Å². The van der Waals surface area contributed by atoms with Gasteiger partial charge < -0.3 is 9.67 Å². The monoisotopic (exact) mass is 476 g/mol. The van der Waals surface area contributed by atoms with Gasteiger partial charge in [0.15, 0.2) is 4.80 Å². The second kappa shape index (κ2) is 8.41. The van der Waals surface area contributed by atoms with E-state index < -0.39 is 29.7 Å². The van der Waals surface area contributed by atoms with Gasteiger partial charge in [0.25, 0.3) is 5.91 Å². The first-order chi connectivity index (χ1) is 14.0. The number of nitrogens with zero attached hydrogens (tertiary/aromatic N) is 2. The molecule has 0 bridgehead atoms. The Hall–Kier alpha value is -2.36. The number of rotatable bonds is 4. The molecule has 0 aliphatic carbocycles. The third-order valence-corrected chi connectivity index (χ3v) is 5.79. The lowest BCUT2D eigenvalue weighted by atomic mass is 10.1. The lowest BCUT2D eigenvalue weighted by molar-refractivity contribution is -0.141. The number of carbonyl (C=O) groups excluding carboxylic acids is 1. The minimum atomic E-state index is -4.66. The first-order valence-electron chi connectivity index (χ1n) is 8.52. The van der Waals surface area contributed by atoms with E-state index in [2.05, 4.69) is 4.99 Å². The van der Waals surface area contributed by atoms with Gasteiger partial charge >= 0.3 is 12.1 Å². The van der Waals surface area contributed by atoms with Gasteiger partial charge in [-0.05, 0) is 36.8 Å². The molecule has 0 fully saturated rings. The van der Waals surface area contributed by atoms with Gasteiger partial charge in [-0.25, -0.2) is 4.79 Å². The van der Waals surface area contributed by atoms with Gasteiger partial charge in [-0.2, -0.15) is 18.2 Å². The van der Waals surface area contributed by atoms with E-state index in [9.17, 15) is 27.9 Å². The van der Waals surface area contributed by atoms with Crippen LogP contribution in [-0.2, 0) is 11.0 Å². The number of carboxylic acids is 1. The summed E-state index contributed by atoms with van der Waals surface area (Å²) in [6.07, 6.45) is -4.59. The molecule has 0 radical (unpaired) electrons. The van der Waals surface area contributed by atoms with Crippen LogP contribution in [0.1, 0.15) is 35.3 Å². The number of thiazole rings is 1. The Morgan fingerprint density at radius 2 is 1.83 bits per heavy atom. The Morgan fingerprint density at radius 3 is 2.37 bits per heavy atom. The first kappa shape index (κ1) is 22.3. The van der Waals surface area contributed by atoms with Gasteiger partial charge in [-0.1, -0.05) is 47.5 Å². The predicted molar refractivity (Wildman–Crippen MR) is 108 cm³/mol. The van der Waals surface area contributed by atoms with Crippen molar-refractivity contribution in [2.45, 2.75) is 25.6 Å². The summed E-state index contributed by atoms with van der Waals surface area (Å²) >= 11 is 12.4. The number of fused-ring (bicyclic) bond motifs is 1. The summed E-state index contributed by atoms with van der Waals surface area (Å²) in [6.45, 7) is 1.57. The Balaban J connectivity index is 2.33. The molecule has 1 amide bonds. The molecule has 0 spiro atoms. The normalized spacial score (nSPS) is 13.6. The first-order valence-corrected chi connectivity index (χ1v) is 10.1. The van der Waals surface area contributed by atoms with Gasteiger partial charge in [-0.3, -0.25) is 4.79 Å². The SMILES string of the molecule is CCC(C(=O)O)n1/c(=N/C(=O)c2cc(Cl)cc(Cl)c2)sc2c(C(F)(F)F)cccc21. The van der Waals surface area contributed by atoms with Crippen molar-refractivity contribution in [3.8, 4) is 0 Å². The summed E-state index contributed by atoms with van der Waals surface area (Å²) in [6, 6.07) is 6.27. The van der Waals surface area contributed by atoms with Crippen LogP contribution in [0.3, 0.4) is 0 Å². The minimum Gasteiger partial charge on any atom is -0.480 e. The molecule has 0 aliphatic rings. The molecule has 1 atom stereocenters. The third-order valence-electron chi connectivity index (χ3n) is 4.25. The molecule has 11 heteroatoms. The number of hydrogen-bond donors (Lipinski definition) is 1. The summed E-state index contributed by atoms with van der Waals surface area (Å²) in [5.74, 6) is -2.07. The quantitative estimate of drug-likeness (QED) is 0.516. The third kappa shape index (κ3) is 4.38. The van der Waals surface area contributed by atoms with Crippen LogP contribution < -0.4 is 4.80 Å². The van der Waals surface area contributed by atoms with E-state index in [4.69, 9.17) is 23.2 Å². The molecule has 0 saturated carbocycles. The molecule has 1 unspecified atom stereocenters. The van der Waals surface area contributed by atoms with Gasteiger partial charge in [0.05, 0.1) is 15.8 Å². The number of amides is 1. The molecule has 1 N–H and O–H groups in total. The van der Waals surface area contributed by atoms with Crippen LogP contribution in [-0.4, -0.2) is 21.6 Å². The van der Waals surface area contributed by atoms with E-state index in [-0.39, 0.29) is 37.0 Å². The highest BCUT2D eigenvalue weighted by molar-refractivity contribution is 7.16. The smallest absolute Gasteiger partial charge is 0.417 e. The van der Waals surface area contributed by atoms with Crippen molar-refractivity contribution in [3.63, 3.8) is 0 Å². The fraction of sp³-hybridized carbons (Fsp3) is 0.211. The molecule has 3 aromatic rings. The molecule has 158 valence electrons. The molecule has 5 nitrogen and oxygen atoms in total. The highest BCUT2D eigenvalue weighted by Crippen LogP contribution is 2.37. The fourth-order valence-electron chi connectivity index (χ4n) is 2.96. The summed E-state index contributed by atoms with van der Waals surface area (Å²) in [7, 11) is 0. The van der Waals surface area contributed by atoms with E-state index in [0.29, 0.717) is 11.3 Å². The van der Waals surface area contributed by atoms with Crippen molar-refractivity contribution in [1.29, 1.82) is 0 Å². The van der Waals surface area contributed by atoms with Crippen molar-refractivity contribution < 1.29 is 27.9 Å². The molecular weight excluding hydrogens is 464 g/mol. The Kier molecular flexibility index (Phi) is 6.26. The average molecular weight is 477 g/mol. The average Bonchev–Trinajstić information content (AvgIpc) is 2.98. The maximum atomic E-state index is 13.5. The molecule has 0 saturated heterocycles. The summed E-state index contributed by atoms with van der Waals surface area (Å²) in [4.78, 5) is 28.2. The molecular formula is C19H13Cl2F3N2O3S. The van der Waals surface area contributed by atoms with Crippen molar-refractivity contribution in [2.75, 3.05) is 0 Å². The van der Waals surface area contributed by atoms with Gasteiger partial charge in [-0.15, -0.1) is 0 Å². The van der Waals surface area contributed by atoms with Crippen LogP contribution in [0.25, 0.3) is 10.2 Å². The minimum absolute atomic E-state index is 0.0240. The second-order valence-electron chi connectivity index (χ2n) is 6.24. The zero-order valence-corrected chi connectivity index (χ0v) is 17.5. The molecule has 3 rings (SSSR count). The van der Waals surface area contributed by atoms with E-state index in [1.54, 1.807) is 6.92 Å². The number of halogens is 5. The number of aliphatic carboxylic acids is 1. The van der Waals surface area contributed by atoms with E-state index >= 15 is 0 Å². The maximum absolute atomic E-state index is 13.5. The zero-order valence-electron chi connectivity index (χ0n) is 15.2. The molecule has 0 aliphatic heterocycles. The van der Waals surface area contributed by atoms with Crippen LogP contribution in [0.2, 0.25) is 10.0 Å². The van der Waals surface area contributed by atoms with Gasteiger partial charge in [0, 0.05) is 15.6 Å². The fourth-order valence-corrected chi connectivity index (χ4v) is 4.69. The largest absolute Gasteiger partial charge is 0.480 e. The van der Waals surface area contributed by atoms with E-state index in [1.807, 2.05) is 0 Å². The number of hydrogen-bond acceptors (Lipinski definition) is 3. The highest BCUT2D eigenvalue weighted by atomic mass is 35.5. The molecule has 1 heterocycles. The number of aromatic nitrogens is 1. The maximum Gasteiger partial charge on any atom is 0.417 e. The van der Waals surface area contributed by atoms with E-state index in [0.717, 1.165) is 10.6 Å². The standard InChI is InChI=1S/C19H13Cl2F3N2O3S/c1-2-13(17(28)29)26-14-5-3-4-12(19(22,23)24)15(14)30-18(26)25-16(27)9-6-10(20)8-11(21)7-9/h3-8,13H,2H2,1H3,(H,28,29)/b25-18-. The molecule has 30 heavy (non-hydrogen) atoms. The summed E-state index contributed by atoms with van der Waals surface area (Å²) < 4.78 is 41.3. The van der Waals surface area contributed by atoms with Crippen molar-refractivity contribution >= 4 is 56.6 Å². The molecule has 2 aromatic carbocycles. The lowest BCUT2D eigenvalue weighted by Gasteiger charge is -2.14. The number of carbonyl (C=O) groups is 2. The van der Waals surface area contributed by atoms with E-state index in [1.165, 1.54) is 30.3 Å². The van der Waals surface area contributed by atoms with Crippen LogP contribution in [0.4, 0.5) is 13.2 Å². The Labute approximate surface area is 182 Å². The lowest BCUT2D eigenvalue weighted by Crippen LogP contribution is -2.27. The predicted octanol–water partition coefficient (Wildman–Crippen LogP) is 5.81. The summed E-state index contributed by atoms with van der Waals surface area (Å²) in [5.41, 5.74) is -0.880. The van der Waals surface area contributed by atoms with Crippen molar-refractivity contribution in [3.05, 3.63) is 62.4 Å². The van der Waals surface area contributed by atoms with Crippen LogP contribution >= 0.6 is 34.5 Å². The van der Waals surface area contributed by atoms with Crippen molar-refractivity contribution in [1.82, 2.24) is 4.57 Å². The summed E-state index contributed by atoms with van der Waals surface area (Å²) in [5, 5.41) is 9.95. The molecule has 1 aromatic heterocycles. The highest BCUT2D eigenvalue weighted by Gasteiger charge is 2.34. The number of alkyl halides is 3. The van der Waals surface area contributed by atoms with Gasteiger partial charge in [0.2, 0.25) is 0 Å². The van der Waals surface area contributed by atoms with Gasteiger partial charge in [0.1, 0.15) is 6.04 Å². The topological polar surface area (TPSA) is 71.7 Å².